The molecule has 0 aromatic carbocycles. The van der Waals surface area contributed by atoms with Crippen LogP contribution in [-0.4, -0.2) is 29.7 Å². The first-order chi connectivity index (χ1) is 7.79. The quantitative estimate of drug-likeness (QED) is 0.807. The second kappa shape index (κ2) is 3.83. The molecular formula is C12H20N2O2S. The van der Waals surface area contributed by atoms with Crippen LogP contribution in [0.2, 0.25) is 0 Å². The molecule has 1 aromatic rings. The Labute approximate surface area is 103 Å². The van der Waals surface area contributed by atoms with Gasteiger partial charge in [-0.25, -0.2) is 8.42 Å². The second-order valence-corrected chi connectivity index (χ2v) is 7.44. The van der Waals surface area contributed by atoms with Crippen LogP contribution in [0.5, 0.6) is 0 Å². The maximum Gasteiger partial charge on any atom is 0.152 e. The van der Waals surface area contributed by atoms with Gasteiger partial charge in [0, 0.05) is 5.69 Å². The van der Waals surface area contributed by atoms with Crippen molar-refractivity contribution in [1.82, 2.24) is 9.78 Å². The van der Waals surface area contributed by atoms with Crippen molar-refractivity contribution >= 4 is 9.84 Å². The first-order valence-electron chi connectivity index (χ1n) is 6.05. The summed E-state index contributed by atoms with van der Waals surface area (Å²) in [6.07, 6.45) is 1.61. The van der Waals surface area contributed by atoms with Crippen molar-refractivity contribution in [2.24, 2.45) is 0 Å². The Morgan fingerprint density at radius 1 is 1.41 bits per heavy atom. The molecule has 1 aliphatic heterocycles. The maximum atomic E-state index is 11.7. The van der Waals surface area contributed by atoms with E-state index in [1.54, 1.807) is 0 Å². The molecule has 0 saturated carbocycles. The number of rotatable bonds is 2. The lowest BCUT2D eigenvalue weighted by molar-refractivity contribution is 0.320. The van der Waals surface area contributed by atoms with E-state index in [0.29, 0.717) is 6.42 Å². The van der Waals surface area contributed by atoms with Crippen molar-refractivity contribution in [1.29, 1.82) is 0 Å². The summed E-state index contributed by atoms with van der Waals surface area (Å²) >= 11 is 0. The zero-order valence-corrected chi connectivity index (χ0v) is 11.8. The molecule has 2 rings (SSSR count). The van der Waals surface area contributed by atoms with Gasteiger partial charge in [-0.15, -0.1) is 0 Å². The average Bonchev–Trinajstić information content (AvgIpc) is 2.66. The molecule has 96 valence electrons. The van der Waals surface area contributed by atoms with Crippen LogP contribution in [0.1, 0.15) is 37.2 Å². The normalized spacial score (nSPS) is 27.5. The van der Waals surface area contributed by atoms with Crippen LogP contribution in [0.4, 0.5) is 0 Å². The van der Waals surface area contributed by atoms with Gasteiger partial charge in [-0.05, 0) is 39.2 Å². The van der Waals surface area contributed by atoms with Gasteiger partial charge in [0.25, 0.3) is 0 Å². The zero-order valence-electron chi connectivity index (χ0n) is 10.9. The van der Waals surface area contributed by atoms with Gasteiger partial charge in [0.1, 0.15) is 0 Å². The molecule has 0 aliphatic carbocycles. The van der Waals surface area contributed by atoms with Crippen LogP contribution in [0.15, 0.2) is 0 Å². The number of hydrogen-bond donors (Lipinski definition) is 0. The number of aromatic nitrogens is 2. The molecule has 17 heavy (non-hydrogen) atoms. The largest absolute Gasteiger partial charge is 0.262 e. The van der Waals surface area contributed by atoms with Gasteiger partial charge in [-0.3, -0.25) is 4.68 Å². The summed E-state index contributed by atoms with van der Waals surface area (Å²) in [6.45, 7) is 8.13. The topological polar surface area (TPSA) is 52.0 Å². The molecule has 0 bridgehead atoms. The number of sulfone groups is 1. The first kappa shape index (κ1) is 12.6. The smallest absolute Gasteiger partial charge is 0.152 e. The molecule has 1 saturated heterocycles. The van der Waals surface area contributed by atoms with Crippen molar-refractivity contribution in [2.45, 2.75) is 46.1 Å². The highest BCUT2D eigenvalue weighted by atomic mass is 32.2. The van der Waals surface area contributed by atoms with Gasteiger partial charge < -0.3 is 0 Å². The van der Waals surface area contributed by atoms with Crippen LogP contribution in [-0.2, 0) is 21.8 Å². The summed E-state index contributed by atoms with van der Waals surface area (Å²) in [4.78, 5) is 0. The number of hydrogen-bond acceptors (Lipinski definition) is 3. The van der Waals surface area contributed by atoms with E-state index in [4.69, 9.17) is 0 Å². The summed E-state index contributed by atoms with van der Waals surface area (Å²) in [7, 11) is -2.89. The van der Waals surface area contributed by atoms with E-state index < -0.39 is 9.84 Å². The Morgan fingerprint density at radius 2 is 2.06 bits per heavy atom. The molecule has 1 aromatic heterocycles. The predicted octanol–water partition coefficient (Wildman–Crippen LogP) is 1.60. The molecule has 0 N–H and O–H groups in total. The van der Waals surface area contributed by atoms with Crippen molar-refractivity contribution in [2.75, 3.05) is 11.5 Å². The van der Waals surface area contributed by atoms with Crippen LogP contribution < -0.4 is 0 Å². The van der Waals surface area contributed by atoms with Gasteiger partial charge in [0.2, 0.25) is 0 Å². The minimum atomic E-state index is -2.89. The second-order valence-electron chi connectivity index (χ2n) is 5.25. The van der Waals surface area contributed by atoms with E-state index in [1.807, 2.05) is 25.5 Å². The Bertz CT molecular complexity index is 545. The summed E-state index contributed by atoms with van der Waals surface area (Å²) in [5.74, 6) is 0.494. The van der Waals surface area contributed by atoms with Gasteiger partial charge >= 0.3 is 0 Å². The van der Waals surface area contributed by atoms with E-state index in [-0.39, 0.29) is 17.0 Å². The Hall–Kier alpha value is -0.840. The van der Waals surface area contributed by atoms with Gasteiger partial charge in [-0.1, -0.05) is 6.92 Å². The Kier molecular flexibility index (Phi) is 2.84. The minimum Gasteiger partial charge on any atom is -0.262 e. The number of nitrogens with zero attached hydrogens (tertiary/aromatic N) is 2. The third kappa shape index (κ3) is 2.01. The molecule has 5 heteroatoms. The zero-order chi connectivity index (χ0) is 12.8. The standard InChI is InChI=1S/C12H20N2O2S/c1-5-11-9(2)13-14(10(11)3)12(4)6-7-17(15,16)8-12/h5-8H2,1-4H3. The molecule has 1 atom stereocenters. The van der Waals surface area contributed by atoms with Crippen molar-refractivity contribution < 1.29 is 8.42 Å². The van der Waals surface area contributed by atoms with Crippen LogP contribution in [0, 0.1) is 13.8 Å². The molecule has 1 fully saturated rings. The van der Waals surface area contributed by atoms with E-state index in [1.165, 1.54) is 5.56 Å². The SMILES string of the molecule is CCc1c(C)nn(C2(C)CCS(=O)(=O)C2)c1C. The fraction of sp³-hybridized carbons (Fsp3) is 0.750. The van der Waals surface area contributed by atoms with Crippen molar-refractivity contribution in [3.8, 4) is 0 Å². The van der Waals surface area contributed by atoms with Crippen molar-refractivity contribution in [3.05, 3.63) is 17.0 Å². The monoisotopic (exact) mass is 256 g/mol. The van der Waals surface area contributed by atoms with Crippen LogP contribution >= 0.6 is 0 Å². The molecule has 1 unspecified atom stereocenters. The van der Waals surface area contributed by atoms with E-state index in [9.17, 15) is 8.42 Å². The summed E-state index contributed by atoms with van der Waals surface area (Å²) in [5, 5.41) is 4.55. The Morgan fingerprint density at radius 3 is 2.47 bits per heavy atom. The van der Waals surface area contributed by atoms with Gasteiger partial charge in [0.15, 0.2) is 9.84 Å². The fourth-order valence-corrected chi connectivity index (χ4v) is 4.98. The molecule has 0 amide bonds. The summed E-state index contributed by atoms with van der Waals surface area (Å²) in [6, 6.07) is 0. The lowest BCUT2D eigenvalue weighted by Gasteiger charge is -2.24. The maximum absolute atomic E-state index is 11.7. The molecule has 1 aliphatic rings. The molecule has 0 radical (unpaired) electrons. The fourth-order valence-electron chi connectivity index (χ4n) is 2.87. The molecule has 4 nitrogen and oxygen atoms in total. The van der Waals surface area contributed by atoms with Gasteiger partial charge in [-0.2, -0.15) is 5.10 Å². The third-order valence-electron chi connectivity index (χ3n) is 3.79. The number of aryl methyl sites for hydroxylation is 1. The van der Waals surface area contributed by atoms with E-state index in [2.05, 4.69) is 12.0 Å². The highest BCUT2D eigenvalue weighted by molar-refractivity contribution is 7.91. The highest BCUT2D eigenvalue weighted by Gasteiger charge is 2.41. The average molecular weight is 256 g/mol. The molecule has 0 spiro atoms. The minimum absolute atomic E-state index is 0.213. The third-order valence-corrected chi connectivity index (χ3v) is 5.68. The molecular weight excluding hydrogens is 236 g/mol. The van der Waals surface area contributed by atoms with Crippen LogP contribution in [0.25, 0.3) is 0 Å². The molecule has 2 heterocycles. The van der Waals surface area contributed by atoms with Crippen LogP contribution in [0.3, 0.4) is 0 Å². The summed E-state index contributed by atoms with van der Waals surface area (Å²) < 4.78 is 25.2. The Balaban J connectivity index is 2.48. The van der Waals surface area contributed by atoms with Crippen molar-refractivity contribution in [3.63, 3.8) is 0 Å². The van der Waals surface area contributed by atoms with Gasteiger partial charge in [0.05, 0.1) is 22.7 Å². The van der Waals surface area contributed by atoms with E-state index >= 15 is 0 Å². The first-order valence-corrected chi connectivity index (χ1v) is 7.87. The summed E-state index contributed by atoms with van der Waals surface area (Å²) in [5.41, 5.74) is 3.02. The predicted molar refractivity (Wildman–Crippen MR) is 68.0 cm³/mol. The lowest BCUT2D eigenvalue weighted by Crippen LogP contribution is -2.33. The van der Waals surface area contributed by atoms with E-state index in [0.717, 1.165) is 17.8 Å². The highest BCUT2D eigenvalue weighted by Crippen LogP contribution is 2.32. The lowest BCUT2D eigenvalue weighted by atomic mass is 10.0.